The molecule has 0 saturated heterocycles. The Labute approximate surface area is 131 Å². The van der Waals surface area contributed by atoms with Crippen LogP contribution in [-0.4, -0.2) is 6.61 Å². The summed E-state index contributed by atoms with van der Waals surface area (Å²) in [7, 11) is -3.73. The van der Waals surface area contributed by atoms with Gasteiger partial charge in [-0.3, -0.25) is 4.52 Å². The molecule has 0 bridgehead atoms. The lowest BCUT2D eigenvalue weighted by Crippen LogP contribution is -2.10. The molecule has 4 nitrogen and oxygen atoms in total. The average Bonchev–Trinajstić information content (AvgIpc) is 2.54. The fraction of sp³-hybridized carbons (Fsp3) is 0.294. The van der Waals surface area contributed by atoms with E-state index in [0.29, 0.717) is 18.1 Å². The van der Waals surface area contributed by atoms with Gasteiger partial charge in [0.15, 0.2) is 0 Å². The topological polar surface area (TPSA) is 44.8 Å². The number of hydrogen-bond donors (Lipinski definition) is 0. The van der Waals surface area contributed by atoms with Crippen molar-refractivity contribution in [1.29, 1.82) is 0 Å². The van der Waals surface area contributed by atoms with E-state index < -0.39 is 7.82 Å². The molecule has 5 heteroatoms. The normalized spacial score (nSPS) is 12.6. The predicted molar refractivity (Wildman–Crippen MR) is 87.2 cm³/mol. The Balaban J connectivity index is 2.14. The Morgan fingerprint density at radius 2 is 1.36 bits per heavy atom. The minimum atomic E-state index is -3.73. The Hall–Kier alpha value is -1.77. The van der Waals surface area contributed by atoms with Crippen molar-refractivity contribution in [3.63, 3.8) is 0 Å². The van der Waals surface area contributed by atoms with E-state index in [1.54, 1.807) is 48.5 Å². The first kappa shape index (κ1) is 16.6. The van der Waals surface area contributed by atoms with Crippen molar-refractivity contribution < 1.29 is 18.1 Å². The van der Waals surface area contributed by atoms with E-state index in [0.717, 1.165) is 6.42 Å². The number of benzene rings is 2. The SMILES string of the molecule is CCC(C)COP(=O)(Oc1ccccc1)Oc1ccccc1. The maximum absolute atomic E-state index is 12.9. The molecule has 0 aliphatic rings. The van der Waals surface area contributed by atoms with Gasteiger partial charge in [-0.15, -0.1) is 0 Å². The quantitative estimate of drug-likeness (QED) is 0.618. The second-order valence-electron chi connectivity index (χ2n) is 5.07. The molecule has 0 saturated carbocycles. The average molecular weight is 320 g/mol. The molecule has 2 aromatic rings. The lowest BCUT2D eigenvalue weighted by Gasteiger charge is -2.20. The van der Waals surface area contributed by atoms with Crippen LogP contribution in [0.25, 0.3) is 0 Å². The van der Waals surface area contributed by atoms with Gasteiger partial charge < -0.3 is 9.05 Å². The molecule has 0 spiro atoms. The van der Waals surface area contributed by atoms with Crippen LogP contribution in [0.3, 0.4) is 0 Å². The first-order valence-electron chi connectivity index (χ1n) is 7.35. The molecule has 0 fully saturated rings. The summed E-state index contributed by atoms with van der Waals surface area (Å²) in [6.07, 6.45) is 0.927. The molecule has 1 atom stereocenters. The molecule has 0 N–H and O–H groups in total. The van der Waals surface area contributed by atoms with Crippen molar-refractivity contribution in [3.8, 4) is 11.5 Å². The van der Waals surface area contributed by atoms with E-state index >= 15 is 0 Å². The van der Waals surface area contributed by atoms with E-state index in [-0.39, 0.29) is 5.92 Å². The Bertz CT molecular complexity index is 555. The first-order chi connectivity index (χ1) is 10.6. The largest absolute Gasteiger partial charge is 0.587 e. The molecule has 2 rings (SSSR count). The van der Waals surface area contributed by atoms with Crippen LogP contribution >= 0.6 is 7.82 Å². The summed E-state index contributed by atoms with van der Waals surface area (Å²) in [5, 5.41) is 0. The standard InChI is InChI=1S/C17H21O4P/c1-3-15(2)14-19-22(18,20-16-10-6-4-7-11-16)21-17-12-8-5-9-13-17/h4-13,15H,3,14H2,1-2H3. The number of phosphoric ester groups is 1. The highest BCUT2D eigenvalue weighted by atomic mass is 31.2. The highest BCUT2D eigenvalue weighted by Crippen LogP contribution is 2.49. The van der Waals surface area contributed by atoms with Crippen molar-refractivity contribution in [2.45, 2.75) is 20.3 Å². The number of hydrogen-bond acceptors (Lipinski definition) is 4. The van der Waals surface area contributed by atoms with E-state index in [9.17, 15) is 4.57 Å². The molecule has 0 heterocycles. The number of rotatable bonds is 8. The minimum Gasteiger partial charge on any atom is -0.395 e. The van der Waals surface area contributed by atoms with Crippen LogP contribution in [0.15, 0.2) is 60.7 Å². The molecule has 1 unspecified atom stereocenters. The van der Waals surface area contributed by atoms with E-state index in [1.165, 1.54) is 0 Å². The molecule has 0 amide bonds. The van der Waals surface area contributed by atoms with Crippen LogP contribution < -0.4 is 9.05 Å². The predicted octanol–water partition coefficient (Wildman–Crippen LogP) is 5.32. The van der Waals surface area contributed by atoms with Crippen LogP contribution in [0.1, 0.15) is 20.3 Å². The van der Waals surface area contributed by atoms with Crippen molar-refractivity contribution in [2.24, 2.45) is 5.92 Å². The molecule has 0 aromatic heterocycles. The van der Waals surface area contributed by atoms with Crippen molar-refractivity contribution in [2.75, 3.05) is 6.61 Å². The zero-order valence-electron chi connectivity index (χ0n) is 12.8. The third-order valence-electron chi connectivity index (χ3n) is 3.13. The fourth-order valence-electron chi connectivity index (χ4n) is 1.63. The van der Waals surface area contributed by atoms with Gasteiger partial charge >= 0.3 is 7.82 Å². The maximum Gasteiger partial charge on any atom is 0.587 e. The minimum absolute atomic E-state index is 0.270. The zero-order chi connectivity index (χ0) is 15.8. The van der Waals surface area contributed by atoms with Crippen LogP contribution in [0.2, 0.25) is 0 Å². The van der Waals surface area contributed by atoms with Gasteiger partial charge in [0.25, 0.3) is 0 Å². The summed E-state index contributed by atoms with van der Waals surface area (Å²) in [5.74, 6) is 1.17. The van der Waals surface area contributed by atoms with Crippen LogP contribution in [0.5, 0.6) is 11.5 Å². The molecule has 0 aliphatic carbocycles. The van der Waals surface area contributed by atoms with Gasteiger partial charge in [0, 0.05) is 0 Å². The maximum atomic E-state index is 12.9. The Morgan fingerprint density at radius 1 is 0.909 bits per heavy atom. The summed E-state index contributed by atoms with van der Waals surface area (Å²) in [4.78, 5) is 0. The molecular weight excluding hydrogens is 299 g/mol. The number of phosphoric acid groups is 1. The van der Waals surface area contributed by atoms with Crippen molar-refractivity contribution in [1.82, 2.24) is 0 Å². The summed E-state index contributed by atoms with van der Waals surface area (Å²) in [6.45, 7) is 4.39. The molecule has 2 aromatic carbocycles. The van der Waals surface area contributed by atoms with Crippen LogP contribution in [-0.2, 0) is 9.09 Å². The number of para-hydroxylation sites is 2. The van der Waals surface area contributed by atoms with E-state index in [4.69, 9.17) is 13.6 Å². The lowest BCUT2D eigenvalue weighted by molar-refractivity contribution is 0.181. The lowest BCUT2D eigenvalue weighted by atomic mass is 10.1. The van der Waals surface area contributed by atoms with Gasteiger partial charge in [-0.1, -0.05) is 56.7 Å². The van der Waals surface area contributed by atoms with Crippen LogP contribution in [0, 0.1) is 5.92 Å². The van der Waals surface area contributed by atoms with Crippen LogP contribution in [0.4, 0.5) is 0 Å². The van der Waals surface area contributed by atoms with Crippen molar-refractivity contribution >= 4 is 7.82 Å². The van der Waals surface area contributed by atoms with Gasteiger partial charge in [0.05, 0.1) is 6.61 Å². The van der Waals surface area contributed by atoms with Gasteiger partial charge in [-0.2, -0.15) is 0 Å². The molecule has 0 aliphatic heterocycles. The molecule has 0 radical (unpaired) electrons. The van der Waals surface area contributed by atoms with E-state index in [2.05, 4.69) is 6.92 Å². The van der Waals surface area contributed by atoms with Gasteiger partial charge in [-0.25, -0.2) is 4.57 Å². The monoisotopic (exact) mass is 320 g/mol. The van der Waals surface area contributed by atoms with Gasteiger partial charge in [0.2, 0.25) is 0 Å². The Kier molecular flexibility index (Phi) is 6.05. The first-order valence-corrected chi connectivity index (χ1v) is 8.81. The fourth-order valence-corrected chi connectivity index (χ4v) is 2.97. The summed E-state index contributed by atoms with van der Waals surface area (Å²) < 4.78 is 29.4. The Morgan fingerprint density at radius 3 is 1.77 bits per heavy atom. The molecular formula is C17H21O4P. The second kappa shape index (κ2) is 8.02. The third kappa shape index (κ3) is 5.21. The summed E-state index contributed by atoms with van der Waals surface area (Å²) in [5.41, 5.74) is 0. The summed E-state index contributed by atoms with van der Waals surface area (Å²) in [6, 6.07) is 17.8. The second-order valence-corrected chi connectivity index (χ2v) is 6.58. The van der Waals surface area contributed by atoms with E-state index in [1.807, 2.05) is 19.1 Å². The highest BCUT2D eigenvalue weighted by molar-refractivity contribution is 7.49. The zero-order valence-corrected chi connectivity index (χ0v) is 13.7. The van der Waals surface area contributed by atoms with Crippen molar-refractivity contribution in [3.05, 3.63) is 60.7 Å². The third-order valence-corrected chi connectivity index (χ3v) is 4.47. The molecule has 118 valence electrons. The smallest absolute Gasteiger partial charge is 0.395 e. The molecule has 22 heavy (non-hydrogen) atoms. The van der Waals surface area contributed by atoms with Gasteiger partial charge in [0.1, 0.15) is 11.5 Å². The summed E-state index contributed by atoms with van der Waals surface area (Å²) >= 11 is 0. The highest BCUT2D eigenvalue weighted by Gasteiger charge is 2.31. The van der Waals surface area contributed by atoms with Gasteiger partial charge in [-0.05, 0) is 30.2 Å².